The molecule has 1 saturated carbocycles. The first-order chi connectivity index (χ1) is 8.56. The molecule has 1 heterocycles. The van der Waals surface area contributed by atoms with E-state index in [4.69, 9.17) is 5.11 Å². The van der Waals surface area contributed by atoms with Crippen LogP contribution in [0.3, 0.4) is 0 Å². The van der Waals surface area contributed by atoms with Crippen LogP contribution in [0.1, 0.15) is 29.6 Å². The van der Waals surface area contributed by atoms with E-state index in [1.54, 1.807) is 0 Å². The van der Waals surface area contributed by atoms with E-state index in [0.29, 0.717) is 12.3 Å². The number of halogens is 1. The second-order valence-corrected chi connectivity index (χ2v) is 4.41. The Morgan fingerprint density at radius 1 is 1.56 bits per heavy atom. The van der Waals surface area contributed by atoms with Crippen molar-refractivity contribution in [2.75, 3.05) is 0 Å². The van der Waals surface area contributed by atoms with Gasteiger partial charge >= 0.3 is 5.97 Å². The molecule has 96 valence electrons. The fourth-order valence-electron chi connectivity index (χ4n) is 1.69. The van der Waals surface area contributed by atoms with Gasteiger partial charge in [-0.3, -0.25) is 4.79 Å². The highest BCUT2D eigenvalue weighted by Crippen LogP contribution is 2.33. The molecule has 0 spiro atoms. The Hall–Kier alpha value is -1.98. The average molecular weight is 252 g/mol. The molecule has 1 fully saturated rings. The van der Waals surface area contributed by atoms with Crippen LogP contribution in [0.5, 0.6) is 0 Å². The molecule has 0 saturated heterocycles. The maximum atomic E-state index is 12.8. The summed E-state index contributed by atoms with van der Waals surface area (Å²) >= 11 is 0. The highest BCUT2D eigenvalue weighted by molar-refractivity contribution is 5.96. The molecule has 18 heavy (non-hydrogen) atoms. The van der Waals surface area contributed by atoms with Crippen molar-refractivity contribution in [2.24, 2.45) is 5.92 Å². The zero-order chi connectivity index (χ0) is 13.1. The molecule has 1 aliphatic rings. The van der Waals surface area contributed by atoms with Crippen LogP contribution in [0.15, 0.2) is 18.3 Å². The summed E-state index contributed by atoms with van der Waals surface area (Å²) in [6.07, 6.45) is 3.60. The Bertz CT molecular complexity index is 474. The zero-order valence-corrected chi connectivity index (χ0v) is 9.60. The van der Waals surface area contributed by atoms with Gasteiger partial charge in [0.05, 0.1) is 0 Å². The minimum absolute atomic E-state index is 0.0737. The number of pyridine rings is 1. The van der Waals surface area contributed by atoms with Crippen molar-refractivity contribution >= 4 is 11.9 Å². The molecular formula is C12H13FN2O3. The number of aliphatic carboxylic acids is 1. The van der Waals surface area contributed by atoms with Crippen LogP contribution in [-0.4, -0.2) is 28.0 Å². The fourth-order valence-corrected chi connectivity index (χ4v) is 1.69. The number of amides is 1. The third-order valence-electron chi connectivity index (χ3n) is 2.86. The monoisotopic (exact) mass is 252 g/mol. The SMILES string of the molecule is O=C(N[C@@H](CC1CC1)C(=O)O)c1ccnc(F)c1. The Morgan fingerprint density at radius 3 is 2.83 bits per heavy atom. The first kappa shape index (κ1) is 12.5. The number of carboxylic acids is 1. The summed E-state index contributed by atoms with van der Waals surface area (Å²) in [5.41, 5.74) is 0.0737. The van der Waals surface area contributed by atoms with E-state index in [9.17, 15) is 14.0 Å². The molecule has 0 bridgehead atoms. The summed E-state index contributed by atoms with van der Waals surface area (Å²) in [4.78, 5) is 26.1. The van der Waals surface area contributed by atoms with Gasteiger partial charge in [0.25, 0.3) is 5.91 Å². The first-order valence-corrected chi connectivity index (χ1v) is 5.71. The van der Waals surface area contributed by atoms with Gasteiger partial charge in [0.2, 0.25) is 5.95 Å². The van der Waals surface area contributed by atoms with Gasteiger partial charge in [-0.05, 0) is 18.4 Å². The predicted molar refractivity (Wildman–Crippen MR) is 60.4 cm³/mol. The van der Waals surface area contributed by atoms with Gasteiger partial charge < -0.3 is 10.4 Å². The van der Waals surface area contributed by atoms with E-state index in [1.807, 2.05) is 0 Å². The standard InChI is InChI=1S/C12H13FN2O3/c13-10-6-8(3-4-14-10)11(16)15-9(12(17)18)5-7-1-2-7/h3-4,6-7,9H,1-2,5H2,(H,15,16)(H,17,18)/t9-/m0/s1. The lowest BCUT2D eigenvalue weighted by molar-refractivity contribution is -0.139. The first-order valence-electron chi connectivity index (χ1n) is 5.71. The Kier molecular flexibility index (Phi) is 3.55. The van der Waals surface area contributed by atoms with Crippen LogP contribution >= 0.6 is 0 Å². The number of aromatic nitrogens is 1. The van der Waals surface area contributed by atoms with E-state index in [2.05, 4.69) is 10.3 Å². The van der Waals surface area contributed by atoms with Crippen LogP contribution in [0.2, 0.25) is 0 Å². The number of nitrogens with zero attached hydrogens (tertiary/aromatic N) is 1. The van der Waals surface area contributed by atoms with Crippen LogP contribution < -0.4 is 5.32 Å². The summed E-state index contributed by atoms with van der Waals surface area (Å²) < 4.78 is 12.8. The molecule has 1 aromatic heterocycles. The molecule has 2 rings (SSSR count). The lowest BCUT2D eigenvalue weighted by atomic mass is 10.1. The van der Waals surface area contributed by atoms with Gasteiger partial charge in [-0.1, -0.05) is 12.8 Å². The Balaban J connectivity index is 2.01. The highest BCUT2D eigenvalue weighted by atomic mass is 19.1. The van der Waals surface area contributed by atoms with E-state index in [0.717, 1.165) is 18.9 Å². The smallest absolute Gasteiger partial charge is 0.326 e. The summed E-state index contributed by atoms with van der Waals surface area (Å²) in [6.45, 7) is 0. The van der Waals surface area contributed by atoms with Crippen molar-refractivity contribution in [3.63, 3.8) is 0 Å². The largest absolute Gasteiger partial charge is 0.480 e. The van der Waals surface area contributed by atoms with E-state index in [-0.39, 0.29) is 5.56 Å². The number of rotatable bonds is 5. The minimum Gasteiger partial charge on any atom is -0.480 e. The normalized spacial score (nSPS) is 16.1. The van der Waals surface area contributed by atoms with Crippen LogP contribution in [0, 0.1) is 11.9 Å². The molecule has 0 aromatic carbocycles. The number of carbonyl (C=O) groups excluding carboxylic acids is 1. The average Bonchev–Trinajstić information content (AvgIpc) is 3.12. The lowest BCUT2D eigenvalue weighted by Gasteiger charge is -2.13. The van der Waals surface area contributed by atoms with Gasteiger partial charge in [-0.2, -0.15) is 4.39 Å². The summed E-state index contributed by atoms with van der Waals surface area (Å²) in [5, 5.41) is 11.4. The van der Waals surface area contributed by atoms with Crippen LogP contribution in [0.25, 0.3) is 0 Å². The number of carbonyl (C=O) groups is 2. The van der Waals surface area contributed by atoms with E-state index >= 15 is 0 Å². The van der Waals surface area contributed by atoms with Crippen molar-refractivity contribution in [3.05, 3.63) is 29.8 Å². The van der Waals surface area contributed by atoms with Crippen molar-refractivity contribution < 1.29 is 19.1 Å². The topological polar surface area (TPSA) is 79.3 Å². The Labute approximate surface area is 103 Å². The van der Waals surface area contributed by atoms with Gasteiger partial charge in [-0.15, -0.1) is 0 Å². The van der Waals surface area contributed by atoms with Gasteiger partial charge in [0, 0.05) is 17.8 Å². The molecule has 6 heteroatoms. The third-order valence-corrected chi connectivity index (χ3v) is 2.86. The molecule has 2 N–H and O–H groups in total. The second-order valence-electron chi connectivity index (χ2n) is 4.41. The van der Waals surface area contributed by atoms with Crippen molar-refractivity contribution in [2.45, 2.75) is 25.3 Å². The quantitative estimate of drug-likeness (QED) is 0.772. The molecule has 0 radical (unpaired) electrons. The zero-order valence-electron chi connectivity index (χ0n) is 9.60. The molecule has 1 amide bonds. The van der Waals surface area contributed by atoms with E-state index in [1.165, 1.54) is 12.3 Å². The van der Waals surface area contributed by atoms with E-state index < -0.39 is 23.9 Å². The molecule has 1 aromatic rings. The van der Waals surface area contributed by atoms with Crippen molar-refractivity contribution in [1.82, 2.24) is 10.3 Å². The molecule has 5 nitrogen and oxygen atoms in total. The highest BCUT2D eigenvalue weighted by Gasteiger charge is 2.30. The minimum atomic E-state index is -1.07. The summed E-state index contributed by atoms with van der Waals surface area (Å²) in [6, 6.07) is 1.40. The molecular weight excluding hydrogens is 239 g/mol. The fraction of sp³-hybridized carbons (Fsp3) is 0.417. The lowest BCUT2D eigenvalue weighted by Crippen LogP contribution is -2.41. The second kappa shape index (κ2) is 5.12. The molecule has 1 aliphatic carbocycles. The predicted octanol–water partition coefficient (Wildman–Crippen LogP) is 1.20. The number of nitrogens with one attached hydrogen (secondary N) is 1. The molecule has 0 unspecified atom stereocenters. The molecule has 0 aliphatic heterocycles. The van der Waals surface area contributed by atoms with Gasteiger partial charge in [-0.25, -0.2) is 9.78 Å². The van der Waals surface area contributed by atoms with Crippen molar-refractivity contribution in [1.29, 1.82) is 0 Å². The van der Waals surface area contributed by atoms with Crippen LogP contribution in [0.4, 0.5) is 4.39 Å². The maximum absolute atomic E-state index is 12.8. The van der Waals surface area contributed by atoms with Gasteiger partial charge in [0.15, 0.2) is 0 Å². The number of carboxylic acid groups (broad SMARTS) is 1. The number of hydrogen-bond acceptors (Lipinski definition) is 3. The molecule has 1 atom stereocenters. The van der Waals surface area contributed by atoms with Crippen LogP contribution in [-0.2, 0) is 4.79 Å². The summed E-state index contributed by atoms with van der Waals surface area (Å²) in [5.74, 6) is -2.05. The number of hydrogen-bond donors (Lipinski definition) is 2. The summed E-state index contributed by atoms with van der Waals surface area (Å²) in [7, 11) is 0. The van der Waals surface area contributed by atoms with Gasteiger partial charge in [0.1, 0.15) is 6.04 Å². The third kappa shape index (κ3) is 3.26. The maximum Gasteiger partial charge on any atom is 0.326 e. The Morgan fingerprint density at radius 2 is 2.28 bits per heavy atom. The van der Waals surface area contributed by atoms with Crippen molar-refractivity contribution in [3.8, 4) is 0 Å².